The van der Waals surface area contributed by atoms with Gasteiger partial charge in [-0.3, -0.25) is 9.59 Å². The number of hydrogen-bond donors (Lipinski definition) is 4. The van der Waals surface area contributed by atoms with E-state index in [-0.39, 0.29) is 35.7 Å². The molecule has 0 spiro atoms. The zero-order valence-corrected chi connectivity index (χ0v) is 39.6. The zero-order chi connectivity index (χ0) is 46.6. The SMILES string of the molecule is COC(=O)N[C@H](C(=O)N1CCC[C@H]1c1ncc(-c2ccc(-c3ccc(-c4cnc([C@@H]5CCCN5C(=O)[C@@H](NC(=O)OC)C(C)C)[nH]4)c(C=C(C)C)c3C)c(C=C(C)C)c2C)[nH]1)C(C)C. The van der Waals surface area contributed by atoms with Gasteiger partial charge in [-0.25, -0.2) is 19.6 Å². The fourth-order valence-electron chi connectivity index (χ4n) is 9.13. The third kappa shape index (κ3) is 9.95. The second kappa shape index (κ2) is 20.1. The number of hydrogen-bond acceptors (Lipinski definition) is 8. The Bertz CT molecular complexity index is 2430. The van der Waals surface area contributed by atoms with Crippen molar-refractivity contribution in [2.24, 2.45) is 11.8 Å². The van der Waals surface area contributed by atoms with Gasteiger partial charge in [-0.2, -0.15) is 0 Å². The summed E-state index contributed by atoms with van der Waals surface area (Å²) in [5.41, 5.74) is 12.7. The van der Waals surface area contributed by atoms with E-state index < -0.39 is 24.3 Å². The van der Waals surface area contributed by atoms with Crippen LogP contribution >= 0.6 is 0 Å². The monoisotopic (exact) mass is 875 g/mol. The molecular formula is C50H66N8O6. The number of carbonyl (C=O) groups is 4. The molecule has 4 atom stereocenters. The second-order valence-electron chi connectivity index (χ2n) is 18.3. The van der Waals surface area contributed by atoms with E-state index in [2.05, 4.69) is 98.6 Å². The Balaban J connectivity index is 1.33. The van der Waals surface area contributed by atoms with Gasteiger partial charge in [0.25, 0.3) is 0 Å². The molecule has 4 N–H and O–H groups in total. The summed E-state index contributed by atoms with van der Waals surface area (Å²) in [6.07, 6.45) is 10.1. The Hall–Kier alpha value is -6.18. The molecule has 14 nitrogen and oxygen atoms in total. The number of nitrogens with one attached hydrogen (secondary N) is 4. The standard InChI is InChI=1S/C50H66N8O6/c1-27(2)23-37-32(10)34(39-25-51-45(53-39)41-15-13-21-57(41)47(59)43(29(5)6)55-49(61)63-11)18-19-35(37)33-17-20-36(38(31(33)9)24-28(3)4)40-26-52-46(54-40)42-16-14-22-58(42)48(60)44(30(7)8)56-50(62)64-12/h17-20,23-26,29-30,41-44H,13-16,21-22H2,1-12H3,(H,51,53)(H,52,54)(H,55,61)(H,56,62)/t41-,42-,43-,44-/m0/s1. The highest BCUT2D eigenvalue weighted by Gasteiger charge is 2.39. The molecule has 0 aliphatic carbocycles. The van der Waals surface area contributed by atoms with Crippen molar-refractivity contribution in [2.45, 2.75) is 119 Å². The number of ether oxygens (including phenoxy) is 2. The Morgan fingerprint density at radius 1 is 0.641 bits per heavy atom. The van der Waals surface area contributed by atoms with E-state index in [1.54, 1.807) is 0 Å². The van der Waals surface area contributed by atoms with Gasteiger partial charge in [0.05, 0.1) is 50.1 Å². The van der Waals surface area contributed by atoms with Crippen molar-refractivity contribution in [3.05, 3.63) is 81.7 Å². The predicted molar refractivity (Wildman–Crippen MR) is 251 cm³/mol. The lowest BCUT2D eigenvalue weighted by Gasteiger charge is -2.30. The number of carbonyl (C=O) groups excluding carboxylic acids is 4. The van der Waals surface area contributed by atoms with Crippen LogP contribution in [0.25, 0.3) is 45.8 Å². The molecule has 342 valence electrons. The molecule has 2 fully saturated rings. The van der Waals surface area contributed by atoms with Crippen LogP contribution in [-0.2, 0) is 19.1 Å². The van der Waals surface area contributed by atoms with E-state index in [4.69, 9.17) is 19.4 Å². The Labute approximate surface area is 377 Å². The molecule has 2 saturated heterocycles. The summed E-state index contributed by atoms with van der Waals surface area (Å²) < 4.78 is 9.64. The highest BCUT2D eigenvalue weighted by atomic mass is 16.5. The van der Waals surface area contributed by atoms with E-state index in [1.165, 1.54) is 14.2 Å². The lowest BCUT2D eigenvalue weighted by Crippen LogP contribution is -2.51. The lowest BCUT2D eigenvalue weighted by molar-refractivity contribution is -0.136. The summed E-state index contributed by atoms with van der Waals surface area (Å²) in [4.78, 5) is 72.4. The van der Waals surface area contributed by atoms with Gasteiger partial charge in [-0.1, -0.05) is 75.3 Å². The van der Waals surface area contributed by atoms with Gasteiger partial charge < -0.3 is 39.9 Å². The molecular weight excluding hydrogens is 809 g/mol. The summed E-state index contributed by atoms with van der Waals surface area (Å²) in [5.74, 6) is 0.890. The summed E-state index contributed by atoms with van der Waals surface area (Å²) in [6, 6.07) is 6.74. The number of alkyl carbamates (subject to hydrolysis) is 2. The van der Waals surface area contributed by atoms with Crippen LogP contribution in [0.1, 0.15) is 127 Å². The summed E-state index contributed by atoms with van der Waals surface area (Å²) in [5, 5.41) is 5.46. The van der Waals surface area contributed by atoms with Crippen molar-refractivity contribution >= 4 is 36.2 Å². The molecule has 64 heavy (non-hydrogen) atoms. The molecule has 2 aliphatic heterocycles. The Kier molecular flexibility index (Phi) is 14.9. The number of aromatic amines is 2. The van der Waals surface area contributed by atoms with Gasteiger partial charge >= 0.3 is 12.2 Å². The number of nitrogens with zero attached hydrogens (tertiary/aromatic N) is 4. The average Bonchev–Trinajstić information content (AvgIpc) is 4.09. The van der Waals surface area contributed by atoms with Crippen LogP contribution in [0.5, 0.6) is 0 Å². The predicted octanol–water partition coefficient (Wildman–Crippen LogP) is 9.69. The van der Waals surface area contributed by atoms with Crippen LogP contribution in [0.4, 0.5) is 9.59 Å². The molecule has 2 aliphatic rings. The number of rotatable bonds is 13. The zero-order valence-electron chi connectivity index (χ0n) is 39.6. The summed E-state index contributed by atoms with van der Waals surface area (Å²) >= 11 is 0. The lowest BCUT2D eigenvalue weighted by atomic mass is 9.86. The maximum absolute atomic E-state index is 13.8. The van der Waals surface area contributed by atoms with Gasteiger partial charge in [-0.15, -0.1) is 0 Å². The molecule has 0 unspecified atom stereocenters. The van der Waals surface area contributed by atoms with Gasteiger partial charge in [0.2, 0.25) is 11.8 Å². The first-order valence-electron chi connectivity index (χ1n) is 22.4. The van der Waals surface area contributed by atoms with Crippen LogP contribution in [0.15, 0.2) is 47.8 Å². The minimum atomic E-state index is -0.713. The first-order valence-corrected chi connectivity index (χ1v) is 22.4. The first kappa shape index (κ1) is 47.3. The maximum Gasteiger partial charge on any atom is 0.407 e. The molecule has 0 bridgehead atoms. The van der Waals surface area contributed by atoms with Crippen LogP contribution in [0.3, 0.4) is 0 Å². The van der Waals surface area contributed by atoms with Crippen molar-refractivity contribution in [2.75, 3.05) is 27.3 Å². The first-order chi connectivity index (χ1) is 30.4. The number of benzene rings is 2. The molecule has 4 aromatic rings. The van der Waals surface area contributed by atoms with Gasteiger partial charge in [0.15, 0.2) is 0 Å². The highest BCUT2D eigenvalue weighted by Crippen LogP contribution is 2.41. The van der Waals surface area contributed by atoms with E-state index >= 15 is 0 Å². The third-order valence-electron chi connectivity index (χ3n) is 12.4. The Morgan fingerprint density at radius 2 is 1.03 bits per heavy atom. The number of imidazole rings is 2. The minimum Gasteiger partial charge on any atom is -0.453 e. The summed E-state index contributed by atoms with van der Waals surface area (Å²) in [6.45, 7) is 21.5. The average molecular weight is 875 g/mol. The van der Waals surface area contributed by atoms with Crippen molar-refractivity contribution in [3.63, 3.8) is 0 Å². The van der Waals surface area contributed by atoms with Crippen LogP contribution in [0.2, 0.25) is 0 Å². The number of H-pyrrole nitrogens is 2. The van der Waals surface area contributed by atoms with Gasteiger partial charge in [-0.05, 0) is 112 Å². The Morgan fingerprint density at radius 3 is 1.47 bits per heavy atom. The fraction of sp³-hybridized carbons (Fsp3) is 0.480. The van der Waals surface area contributed by atoms with Crippen molar-refractivity contribution in [1.82, 2.24) is 40.4 Å². The quantitative estimate of drug-likeness (QED) is 0.103. The normalized spacial score (nSPS) is 17.0. The number of amides is 4. The van der Waals surface area contributed by atoms with Gasteiger partial charge in [0, 0.05) is 24.2 Å². The number of methoxy groups -OCH3 is 2. The minimum absolute atomic E-state index is 0.125. The fourth-order valence-corrected chi connectivity index (χ4v) is 9.13. The van der Waals surface area contributed by atoms with E-state index in [0.29, 0.717) is 18.9 Å². The molecule has 6 rings (SSSR count). The van der Waals surface area contributed by atoms with Gasteiger partial charge in [0.1, 0.15) is 23.7 Å². The highest BCUT2D eigenvalue weighted by molar-refractivity contribution is 5.90. The van der Waals surface area contributed by atoms with Crippen molar-refractivity contribution in [1.29, 1.82) is 0 Å². The number of likely N-dealkylation sites (tertiary alicyclic amines) is 2. The molecule has 2 aromatic carbocycles. The van der Waals surface area contributed by atoms with Crippen LogP contribution < -0.4 is 10.6 Å². The van der Waals surface area contributed by atoms with Crippen molar-refractivity contribution < 1.29 is 28.7 Å². The van der Waals surface area contributed by atoms with Crippen molar-refractivity contribution in [3.8, 4) is 33.6 Å². The third-order valence-corrected chi connectivity index (χ3v) is 12.4. The largest absolute Gasteiger partial charge is 0.453 e. The smallest absolute Gasteiger partial charge is 0.407 e. The molecule has 0 saturated carbocycles. The molecule has 14 heteroatoms. The van der Waals surface area contributed by atoms with E-state index in [1.807, 2.05) is 49.9 Å². The van der Waals surface area contributed by atoms with E-state index in [0.717, 1.165) is 98.5 Å². The van der Waals surface area contributed by atoms with Crippen LogP contribution in [-0.4, -0.2) is 93.1 Å². The maximum atomic E-state index is 13.8. The topological polar surface area (TPSA) is 175 Å². The summed E-state index contributed by atoms with van der Waals surface area (Å²) in [7, 11) is 2.59. The number of aromatic nitrogens is 4. The second-order valence-corrected chi connectivity index (χ2v) is 18.3. The molecule has 4 heterocycles. The van der Waals surface area contributed by atoms with Crippen LogP contribution in [0, 0.1) is 25.7 Å². The molecule has 4 amide bonds. The molecule has 2 aromatic heterocycles. The molecule has 0 radical (unpaired) electrons. The van der Waals surface area contributed by atoms with E-state index in [9.17, 15) is 19.2 Å². The number of allylic oxidation sites excluding steroid dienone is 2.